The lowest BCUT2D eigenvalue weighted by molar-refractivity contribution is 1.17. The van der Waals surface area contributed by atoms with Crippen molar-refractivity contribution in [2.75, 3.05) is 0 Å². The normalized spacial score (nSPS) is 12.8. The van der Waals surface area contributed by atoms with E-state index in [1.807, 2.05) is 0 Å². The molecule has 1 heterocycles. The molecule has 3 N–H and O–H groups in total. The van der Waals surface area contributed by atoms with E-state index in [9.17, 15) is 4.79 Å². The zero-order valence-electron chi connectivity index (χ0n) is 7.12. The van der Waals surface area contributed by atoms with E-state index in [4.69, 9.17) is 5.41 Å². The van der Waals surface area contributed by atoms with Crippen molar-refractivity contribution in [1.82, 2.24) is 9.97 Å². The van der Waals surface area contributed by atoms with Crippen LogP contribution in [0.1, 0.15) is 13.8 Å². The number of nitrogens with one attached hydrogen (secondary N) is 3. The molecule has 0 radical (unpaired) electrons. The van der Waals surface area contributed by atoms with Gasteiger partial charge in [-0.2, -0.15) is 0 Å². The number of aromatic nitrogens is 2. The molecule has 12 heavy (non-hydrogen) atoms. The Morgan fingerprint density at radius 3 is 2.33 bits per heavy atom. The highest BCUT2D eigenvalue weighted by atomic mass is 16.1. The average Bonchev–Trinajstić information content (AvgIpc) is 2.28. The first kappa shape index (κ1) is 8.52. The summed E-state index contributed by atoms with van der Waals surface area (Å²) < 4.78 is 0. The lowest BCUT2D eigenvalue weighted by Crippen LogP contribution is -2.26. The van der Waals surface area contributed by atoms with Gasteiger partial charge in [-0.15, -0.1) is 0 Å². The van der Waals surface area contributed by atoms with Gasteiger partial charge >= 0.3 is 5.69 Å². The lowest BCUT2D eigenvalue weighted by atomic mass is 10.2. The predicted octanol–water partition coefficient (Wildman–Crippen LogP) is -0.676. The van der Waals surface area contributed by atoms with Crippen LogP contribution in [-0.2, 0) is 0 Å². The van der Waals surface area contributed by atoms with E-state index >= 15 is 0 Å². The fourth-order valence-corrected chi connectivity index (χ4v) is 0.927. The van der Waals surface area contributed by atoms with Gasteiger partial charge in [0, 0.05) is 5.71 Å². The van der Waals surface area contributed by atoms with Gasteiger partial charge in [0.2, 0.25) is 0 Å². The maximum absolute atomic E-state index is 10.8. The lowest BCUT2D eigenvalue weighted by Gasteiger charge is -1.92. The summed E-state index contributed by atoms with van der Waals surface area (Å²) in [7, 11) is 0. The molecule has 0 saturated carbocycles. The topological polar surface area (TPSA) is 72.5 Å². The highest BCUT2D eigenvalue weighted by molar-refractivity contribution is 6.14. The van der Waals surface area contributed by atoms with Gasteiger partial charge in [-0.3, -0.25) is 0 Å². The van der Waals surface area contributed by atoms with Crippen molar-refractivity contribution in [1.29, 1.82) is 5.41 Å². The maximum atomic E-state index is 10.8. The Hall–Kier alpha value is -1.58. The van der Waals surface area contributed by atoms with E-state index in [1.54, 1.807) is 13.8 Å². The number of hydrogen-bond donors (Lipinski definition) is 3. The van der Waals surface area contributed by atoms with Gasteiger partial charge in [0.25, 0.3) is 0 Å². The van der Waals surface area contributed by atoms with Crippen LogP contribution in [0.15, 0.2) is 4.79 Å². The summed E-state index contributed by atoms with van der Waals surface area (Å²) >= 11 is 0. The first-order valence-corrected chi connectivity index (χ1v) is 3.56. The van der Waals surface area contributed by atoms with E-state index < -0.39 is 0 Å². The molecule has 0 aliphatic rings. The van der Waals surface area contributed by atoms with Crippen molar-refractivity contribution in [2.24, 2.45) is 0 Å². The van der Waals surface area contributed by atoms with Crippen molar-refractivity contribution in [3.8, 4) is 0 Å². The predicted molar refractivity (Wildman–Crippen MR) is 48.7 cm³/mol. The van der Waals surface area contributed by atoms with Gasteiger partial charge in [-0.25, -0.2) is 4.79 Å². The molecule has 1 rings (SSSR count). The molecule has 1 aromatic heterocycles. The fraction of sp³-hybridized carbons (Fsp3) is 0.250. The highest BCUT2D eigenvalue weighted by Gasteiger charge is 1.96. The summed E-state index contributed by atoms with van der Waals surface area (Å²) in [6.07, 6.45) is 0. The molecule has 0 amide bonds. The quantitative estimate of drug-likeness (QED) is 0.474. The largest absolute Gasteiger partial charge is 0.323 e. The molecular formula is C8H11N3O. The molecule has 0 aromatic carbocycles. The van der Waals surface area contributed by atoms with Crippen molar-refractivity contribution >= 4 is 17.9 Å². The number of rotatable bonds is 1. The highest BCUT2D eigenvalue weighted by Crippen LogP contribution is 1.88. The summed E-state index contributed by atoms with van der Waals surface area (Å²) in [6.45, 7) is 7.08. The second-order valence-corrected chi connectivity index (χ2v) is 2.68. The van der Waals surface area contributed by atoms with Crippen molar-refractivity contribution < 1.29 is 0 Å². The summed E-state index contributed by atoms with van der Waals surface area (Å²) in [5.74, 6) is 0. The number of aromatic amines is 2. The summed E-state index contributed by atoms with van der Waals surface area (Å²) in [6, 6.07) is 0. The number of imidazole rings is 1. The van der Waals surface area contributed by atoms with E-state index in [0.717, 1.165) is 5.57 Å². The Morgan fingerprint density at radius 1 is 1.42 bits per heavy atom. The van der Waals surface area contributed by atoms with Gasteiger partial charge in [0.05, 0.1) is 10.7 Å². The van der Waals surface area contributed by atoms with Crippen LogP contribution in [0.4, 0.5) is 0 Å². The Balaban J connectivity index is 3.66. The average molecular weight is 165 g/mol. The van der Waals surface area contributed by atoms with E-state index in [-0.39, 0.29) is 5.69 Å². The minimum absolute atomic E-state index is 0.282. The molecule has 1 aromatic rings. The van der Waals surface area contributed by atoms with E-state index in [0.29, 0.717) is 16.4 Å². The summed E-state index contributed by atoms with van der Waals surface area (Å²) in [4.78, 5) is 15.9. The Labute approximate surface area is 69.2 Å². The van der Waals surface area contributed by atoms with E-state index in [1.165, 1.54) is 0 Å². The third kappa shape index (κ3) is 1.37. The second-order valence-electron chi connectivity index (χ2n) is 2.68. The van der Waals surface area contributed by atoms with Crippen LogP contribution >= 0.6 is 0 Å². The summed E-state index contributed by atoms with van der Waals surface area (Å²) in [5.41, 5.74) is 0.879. The third-order valence-electron chi connectivity index (χ3n) is 1.74. The van der Waals surface area contributed by atoms with Gasteiger partial charge in [0.1, 0.15) is 0 Å². The third-order valence-corrected chi connectivity index (χ3v) is 1.74. The molecule has 0 unspecified atom stereocenters. The molecule has 0 aliphatic heterocycles. The van der Waals surface area contributed by atoms with Gasteiger partial charge in [-0.1, -0.05) is 6.58 Å². The zero-order chi connectivity index (χ0) is 9.30. The standard InChI is InChI=1S/C8H11N3O/c1-4(5(2)9)7-6(3)10-8(12)11-7/h9H,3H2,1-2H3,(H2,10,11,12)/b7-4+,9-5?. The molecule has 0 aliphatic carbocycles. The SMILES string of the molecule is C=c1[nH]c(=O)[nH]/c1=C(\C)C(C)=N. The van der Waals surface area contributed by atoms with Crippen LogP contribution in [0.5, 0.6) is 0 Å². The Bertz CT molecular complexity index is 463. The molecule has 0 spiro atoms. The zero-order valence-corrected chi connectivity index (χ0v) is 7.12. The molecule has 0 saturated heterocycles. The minimum Gasteiger partial charge on any atom is -0.306 e. The first-order chi connectivity index (χ1) is 5.52. The number of H-pyrrole nitrogens is 2. The smallest absolute Gasteiger partial charge is 0.306 e. The molecule has 0 bridgehead atoms. The van der Waals surface area contributed by atoms with Crippen LogP contribution in [0.2, 0.25) is 0 Å². The van der Waals surface area contributed by atoms with Crippen LogP contribution in [0.3, 0.4) is 0 Å². The monoisotopic (exact) mass is 165 g/mol. The van der Waals surface area contributed by atoms with Gasteiger partial charge in [0.15, 0.2) is 0 Å². The van der Waals surface area contributed by atoms with Crippen LogP contribution in [-0.4, -0.2) is 15.7 Å². The maximum Gasteiger partial charge on any atom is 0.323 e. The van der Waals surface area contributed by atoms with Crippen LogP contribution in [0.25, 0.3) is 12.2 Å². The molecule has 4 nitrogen and oxygen atoms in total. The molecular weight excluding hydrogens is 154 g/mol. The van der Waals surface area contributed by atoms with Crippen molar-refractivity contribution in [3.63, 3.8) is 0 Å². The van der Waals surface area contributed by atoms with Gasteiger partial charge < -0.3 is 15.4 Å². The molecule has 64 valence electrons. The fourth-order valence-electron chi connectivity index (χ4n) is 0.927. The van der Waals surface area contributed by atoms with Crippen LogP contribution < -0.4 is 16.4 Å². The Morgan fingerprint density at radius 2 is 2.00 bits per heavy atom. The first-order valence-electron chi connectivity index (χ1n) is 3.56. The van der Waals surface area contributed by atoms with Crippen molar-refractivity contribution in [2.45, 2.75) is 13.8 Å². The summed E-state index contributed by atoms with van der Waals surface area (Å²) in [5, 5.41) is 8.49. The minimum atomic E-state index is -0.282. The molecule has 4 heteroatoms. The second kappa shape index (κ2) is 2.81. The van der Waals surface area contributed by atoms with Gasteiger partial charge in [-0.05, 0) is 19.4 Å². The molecule has 0 fully saturated rings. The van der Waals surface area contributed by atoms with Crippen LogP contribution in [0, 0.1) is 5.41 Å². The van der Waals surface area contributed by atoms with Crippen molar-refractivity contribution in [3.05, 3.63) is 21.2 Å². The van der Waals surface area contributed by atoms with E-state index in [2.05, 4.69) is 16.5 Å². The molecule has 0 atom stereocenters. The number of hydrogen-bond acceptors (Lipinski definition) is 2. The Kier molecular flexibility index (Phi) is 1.99.